The molecule has 0 fully saturated rings. The van der Waals surface area contributed by atoms with Crippen LogP contribution in [-0.4, -0.2) is 28.7 Å². The van der Waals surface area contributed by atoms with E-state index in [1.807, 2.05) is 36.4 Å². The molecule has 1 N–H and O–H groups in total. The van der Waals surface area contributed by atoms with E-state index in [9.17, 15) is 4.79 Å². The van der Waals surface area contributed by atoms with E-state index in [0.29, 0.717) is 22.8 Å². The van der Waals surface area contributed by atoms with Crippen LogP contribution >= 0.6 is 23.8 Å². The lowest BCUT2D eigenvalue weighted by Gasteiger charge is -2.20. The minimum atomic E-state index is -0.181. The molecule has 2 heterocycles. The second-order valence-corrected chi connectivity index (χ2v) is 7.06. The number of hydrazone groups is 1. The molecule has 4 rings (SSSR count). The molecule has 1 amide bonds. The van der Waals surface area contributed by atoms with Gasteiger partial charge in [-0.15, -0.1) is 0 Å². The van der Waals surface area contributed by atoms with Crippen molar-refractivity contribution < 1.29 is 13.9 Å². The number of nitrogens with one attached hydrogen (secondary N) is 1. The topological polar surface area (TPSA) is 70.8 Å². The average Bonchev–Trinajstić information content (AvgIpc) is 3.24. The third kappa shape index (κ3) is 3.24. The normalized spacial score (nSPS) is 16.6. The number of benzene rings is 2. The SMILES string of the molecule is COc1cc(C2=NN(C(C)=O)C(c3ccc(Cl)cc3)C2)cc2[nH]c(=S)oc12. The average molecular weight is 402 g/mol. The van der Waals surface area contributed by atoms with Crippen LogP contribution in [0.3, 0.4) is 0 Å². The molecule has 1 atom stereocenters. The molecule has 0 radical (unpaired) electrons. The molecule has 0 aliphatic carbocycles. The van der Waals surface area contributed by atoms with Crippen molar-refractivity contribution in [3.8, 4) is 5.75 Å². The number of aromatic amines is 1. The van der Waals surface area contributed by atoms with Crippen LogP contribution in [0.5, 0.6) is 5.75 Å². The first kappa shape index (κ1) is 17.8. The quantitative estimate of drug-likeness (QED) is 0.637. The van der Waals surface area contributed by atoms with Crippen molar-refractivity contribution in [2.24, 2.45) is 5.10 Å². The number of hydrogen-bond acceptors (Lipinski definition) is 5. The molecule has 27 heavy (non-hydrogen) atoms. The number of nitrogens with zero attached hydrogens (tertiary/aromatic N) is 2. The number of amides is 1. The predicted molar refractivity (Wildman–Crippen MR) is 106 cm³/mol. The second kappa shape index (κ2) is 6.83. The van der Waals surface area contributed by atoms with Gasteiger partial charge in [0.1, 0.15) is 0 Å². The molecule has 1 aliphatic rings. The summed E-state index contributed by atoms with van der Waals surface area (Å²) in [6.45, 7) is 1.51. The lowest BCUT2D eigenvalue weighted by molar-refractivity contribution is -0.130. The molecule has 1 aromatic heterocycles. The number of carbonyl (C=O) groups is 1. The maximum absolute atomic E-state index is 12.1. The molecule has 0 bridgehead atoms. The summed E-state index contributed by atoms with van der Waals surface area (Å²) in [7, 11) is 1.57. The van der Waals surface area contributed by atoms with Crippen molar-refractivity contribution in [3.05, 3.63) is 57.4 Å². The van der Waals surface area contributed by atoms with Crippen LogP contribution in [0, 0.1) is 4.84 Å². The highest BCUT2D eigenvalue weighted by molar-refractivity contribution is 7.71. The number of methoxy groups -OCH3 is 1. The zero-order valence-electron chi connectivity index (χ0n) is 14.7. The smallest absolute Gasteiger partial charge is 0.267 e. The van der Waals surface area contributed by atoms with E-state index in [-0.39, 0.29) is 16.8 Å². The van der Waals surface area contributed by atoms with E-state index in [2.05, 4.69) is 10.1 Å². The Balaban J connectivity index is 1.76. The first-order chi connectivity index (χ1) is 13.0. The van der Waals surface area contributed by atoms with Crippen molar-refractivity contribution in [2.45, 2.75) is 19.4 Å². The summed E-state index contributed by atoms with van der Waals surface area (Å²) < 4.78 is 10.9. The fourth-order valence-electron chi connectivity index (χ4n) is 3.27. The fourth-order valence-corrected chi connectivity index (χ4v) is 3.59. The fraction of sp³-hybridized carbons (Fsp3) is 0.211. The molecule has 0 saturated heterocycles. The van der Waals surface area contributed by atoms with Crippen molar-refractivity contribution in [1.29, 1.82) is 0 Å². The van der Waals surface area contributed by atoms with Crippen molar-refractivity contribution >= 4 is 46.5 Å². The molecule has 0 spiro atoms. The minimum absolute atomic E-state index is 0.124. The number of fused-ring (bicyclic) bond motifs is 1. The molecular weight excluding hydrogens is 386 g/mol. The minimum Gasteiger partial charge on any atom is -0.493 e. The van der Waals surface area contributed by atoms with Gasteiger partial charge in [0.15, 0.2) is 11.3 Å². The van der Waals surface area contributed by atoms with Gasteiger partial charge in [-0.3, -0.25) is 4.79 Å². The summed E-state index contributed by atoms with van der Waals surface area (Å²) in [4.78, 5) is 15.4. The van der Waals surface area contributed by atoms with Crippen molar-refractivity contribution in [3.63, 3.8) is 0 Å². The number of carbonyl (C=O) groups excluding carboxylic acids is 1. The van der Waals surface area contributed by atoms with Gasteiger partial charge in [0, 0.05) is 23.9 Å². The number of rotatable bonds is 3. The predicted octanol–water partition coefficient (Wildman–Crippen LogP) is 4.85. The molecule has 3 aromatic rings. The first-order valence-corrected chi connectivity index (χ1v) is 9.09. The lowest BCUT2D eigenvalue weighted by atomic mass is 9.98. The van der Waals surface area contributed by atoms with Crippen LogP contribution in [0.1, 0.15) is 30.5 Å². The largest absolute Gasteiger partial charge is 0.493 e. The molecule has 138 valence electrons. The van der Waals surface area contributed by atoms with Gasteiger partial charge in [-0.1, -0.05) is 23.7 Å². The summed E-state index contributed by atoms with van der Waals surface area (Å²) in [5, 5.41) is 6.73. The Morgan fingerprint density at radius 3 is 2.78 bits per heavy atom. The summed E-state index contributed by atoms with van der Waals surface area (Å²) in [6.07, 6.45) is 0.578. The number of ether oxygens (including phenoxy) is 1. The third-order valence-corrected chi connectivity index (χ3v) is 4.96. The van der Waals surface area contributed by atoms with E-state index < -0.39 is 0 Å². The Morgan fingerprint density at radius 1 is 1.37 bits per heavy atom. The second-order valence-electron chi connectivity index (χ2n) is 6.25. The Bertz CT molecular complexity index is 1120. The van der Waals surface area contributed by atoms with Gasteiger partial charge >= 0.3 is 0 Å². The molecule has 6 nitrogen and oxygen atoms in total. The van der Waals surface area contributed by atoms with E-state index in [0.717, 1.165) is 22.4 Å². The Morgan fingerprint density at radius 2 is 2.11 bits per heavy atom. The number of hydrogen-bond donors (Lipinski definition) is 1. The summed E-state index contributed by atoms with van der Waals surface area (Å²) in [5.74, 6) is 0.433. The first-order valence-electron chi connectivity index (χ1n) is 8.30. The van der Waals surface area contributed by atoms with E-state index >= 15 is 0 Å². The summed E-state index contributed by atoms with van der Waals surface area (Å²) in [6, 6.07) is 11.0. The van der Waals surface area contributed by atoms with Crippen LogP contribution in [0.15, 0.2) is 45.9 Å². The molecule has 2 aromatic carbocycles. The Hall–Kier alpha value is -2.64. The van der Waals surface area contributed by atoms with E-state index in [1.54, 1.807) is 7.11 Å². The molecule has 8 heteroatoms. The number of aromatic nitrogens is 1. The Kier molecular flexibility index (Phi) is 4.49. The maximum atomic E-state index is 12.1. The number of oxazole rings is 1. The van der Waals surface area contributed by atoms with Crippen molar-refractivity contribution in [2.75, 3.05) is 7.11 Å². The van der Waals surface area contributed by atoms with Crippen LogP contribution in [0.2, 0.25) is 5.02 Å². The van der Waals surface area contributed by atoms with E-state index in [4.69, 9.17) is 33.0 Å². The maximum Gasteiger partial charge on any atom is 0.267 e. The lowest BCUT2D eigenvalue weighted by Crippen LogP contribution is -2.24. The standard InChI is InChI=1S/C19H16ClN3O3S/c1-10(24)23-16(11-3-5-13(20)6-4-11)9-14(22-23)12-7-15-18(17(8-12)25-2)26-19(27)21-15/h3-8,16H,9H2,1-2H3,(H,21,27). The van der Waals surface area contributed by atoms with Crippen LogP contribution in [0.25, 0.3) is 11.1 Å². The highest BCUT2D eigenvalue weighted by Gasteiger charge is 2.31. The molecule has 1 aliphatic heterocycles. The highest BCUT2D eigenvalue weighted by atomic mass is 35.5. The summed E-state index contributed by atoms with van der Waals surface area (Å²) >= 11 is 11.1. The van der Waals surface area contributed by atoms with Gasteiger partial charge in [0.25, 0.3) is 4.84 Å². The molecule has 1 unspecified atom stereocenters. The van der Waals surface area contributed by atoms with Gasteiger partial charge in [-0.05, 0) is 42.0 Å². The van der Waals surface area contributed by atoms with Gasteiger partial charge in [-0.2, -0.15) is 5.10 Å². The van der Waals surface area contributed by atoms with Crippen LogP contribution < -0.4 is 4.74 Å². The number of halogens is 1. The molecule has 0 saturated carbocycles. The zero-order chi connectivity index (χ0) is 19.1. The summed E-state index contributed by atoms with van der Waals surface area (Å²) in [5.41, 5.74) is 3.88. The highest BCUT2D eigenvalue weighted by Crippen LogP contribution is 2.35. The van der Waals surface area contributed by atoms with E-state index in [1.165, 1.54) is 11.9 Å². The zero-order valence-corrected chi connectivity index (χ0v) is 16.2. The van der Waals surface area contributed by atoms with Gasteiger partial charge in [0.2, 0.25) is 5.91 Å². The van der Waals surface area contributed by atoms with Gasteiger partial charge in [0.05, 0.1) is 24.4 Å². The van der Waals surface area contributed by atoms with Gasteiger partial charge in [-0.25, -0.2) is 5.01 Å². The molecular formula is C19H16ClN3O3S. The van der Waals surface area contributed by atoms with Gasteiger partial charge < -0.3 is 14.1 Å². The van der Waals surface area contributed by atoms with Crippen molar-refractivity contribution in [1.82, 2.24) is 9.99 Å². The Labute approximate surface area is 165 Å². The van der Waals surface area contributed by atoms with Crippen LogP contribution in [0.4, 0.5) is 0 Å². The monoisotopic (exact) mass is 401 g/mol. The van der Waals surface area contributed by atoms with Crippen LogP contribution in [-0.2, 0) is 4.79 Å². The number of H-pyrrole nitrogens is 1. The third-order valence-electron chi connectivity index (χ3n) is 4.53.